The molecular weight excluding hydrogens is 274 g/mol. The predicted molar refractivity (Wildman–Crippen MR) is 73.8 cm³/mol. The average Bonchev–Trinajstić information content (AvgIpc) is 3.07. The largest absolute Gasteiger partial charge is 0.394 e. The summed E-state index contributed by atoms with van der Waals surface area (Å²) in [7, 11) is 0. The van der Waals surface area contributed by atoms with Crippen LogP contribution in [-0.4, -0.2) is 54.6 Å². The van der Waals surface area contributed by atoms with E-state index < -0.39 is 11.4 Å². The third kappa shape index (κ3) is 3.23. The van der Waals surface area contributed by atoms with Gasteiger partial charge in [0, 0.05) is 6.20 Å². The first kappa shape index (κ1) is 15.1. The van der Waals surface area contributed by atoms with Crippen LogP contribution in [0.1, 0.15) is 23.7 Å². The Morgan fingerprint density at radius 3 is 2.62 bits per heavy atom. The second-order valence-corrected chi connectivity index (χ2v) is 4.65. The minimum atomic E-state index is -1.03. The van der Waals surface area contributed by atoms with Gasteiger partial charge in [0.05, 0.1) is 24.3 Å². The summed E-state index contributed by atoms with van der Waals surface area (Å²) < 4.78 is 1.47. The maximum absolute atomic E-state index is 12.1. The molecule has 8 heteroatoms. The summed E-state index contributed by atoms with van der Waals surface area (Å²) in [5, 5.41) is 25.2. The van der Waals surface area contributed by atoms with Gasteiger partial charge in [-0.15, -0.1) is 0 Å². The molecule has 0 saturated carbocycles. The van der Waals surface area contributed by atoms with E-state index in [9.17, 15) is 15.0 Å². The lowest BCUT2D eigenvalue weighted by Gasteiger charge is -2.29. The van der Waals surface area contributed by atoms with E-state index in [1.54, 1.807) is 19.1 Å². The van der Waals surface area contributed by atoms with Crippen LogP contribution in [0.15, 0.2) is 31.0 Å². The van der Waals surface area contributed by atoms with Crippen LogP contribution in [0.4, 0.5) is 0 Å². The number of nitrogens with one attached hydrogen (secondary N) is 1. The molecule has 0 atom stereocenters. The van der Waals surface area contributed by atoms with Crippen molar-refractivity contribution < 1.29 is 15.0 Å². The summed E-state index contributed by atoms with van der Waals surface area (Å²) in [6.07, 6.45) is 4.71. The van der Waals surface area contributed by atoms with Gasteiger partial charge in [-0.05, 0) is 18.6 Å². The van der Waals surface area contributed by atoms with Gasteiger partial charge >= 0.3 is 0 Å². The van der Waals surface area contributed by atoms with Gasteiger partial charge in [0.25, 0.3) is 5.91 Å². The summed E-state index contributed by atoms with van der Waals surface area (Å²) in [4.78, 5) is 20.1. The Bertz CT molecular complexity index is 570. The Balaban J connectivity index is 2.13. The molecule has 21 heavy (non-hydrogen) atoms. The Hall–Kier alpha value is -2.32. The molecule has 1 amide bonds. The van der Waals surface area contributed by atoms with E-state index in [-0.39, 0.29) is 13.2 Å². The predicted octanol–water partition coefficient (Wildman–Crippen LogP) is -0.475. The summed E-state index contributed by atoms with van der Waals surface area (Å²) in [6.45, 7) is 1.10. The van der Waals surface area contributed by atoms with Gasteiger partial charge in [0.15, 0.2) is 5.82 Å². The van der Waals surface area contributed by atoms with Crippen LogP contribution in [0.3, 0.4) is 0 Å². The van der Waals surface area contributed by atoms with E-state index in [0.29, 0.717) is 17.8 Å². The number of hydrogen-bond donors (Lipinski definition) is 3. The summed E-state index contributed by atoms with van der Waals surface area (Å²) in [6, 6.07) is 3.23. The van der Waals surface area contributed by atoms with Gasteiger partial charge < -0.3 is 15.5 Å². The van der Waals surface area contributed by atoms with Crippen molar-refractivity contribution in [3.05, 3.63) is 36.5 Å². The molecule has 0 unspecified atom stereocenters. The third-order valence-electron chi connectivity index (χ3n) is 3.32. The molecule has 0 fully saturated rings. The van der Waals surface area contributed by atoms with Gasteiger partial charge in [-0.2, -0.15) is 5.10 Å². The van der Waals surface area contributed by atoms with E-state index in [0.717, 1.165) is 0 Å². The number of aromatic nitrogens is 4. The minimum absolute atomic E-state index is 0.332. The molecule has 3 N–H and O–H groups in total. The summed E-state index contributed by atoms with van der Waals surface area (Å²) >= 11 is 0. The number of hydrogen-bond acceptors (Lipinski definition) is 6. The number of amides is 1. The van der Waals surface area contributed by atoms with Crippen molar-refractivity contribution >= 4 is 5.91 Å². The van der Waals surface area contributed by atoms with Crippen LogP contribution in [0, 0.1) is 0 Å². The molecule has 8 nitrogen and oxygen atoms in total. The van der Waals surface area contributed by atoms with E-state index in [4.69, 9.17) is 0 Å². The van der Waals surface area contributed by atoms with Crippen molar-refractivity contribution in [2.75, 3.05) is 13.2 Å². The van der Waals surface area contributed by atoms with Crippen molar-refractivity contribution in [2.45, 2.75) is 18.9 Å². The van der Waals surface area contributed by atoms with Crippen molar-refractivity contribution in [1.82, 2.24) is 25.1 Å². The number of carbonyl (C=O) groups excluding carboxylic acids is 1. The lowest BCUT2D eigenvalue weighted by atomic mass is 9.98. The zero-order valence-electron chi connectivity index (χ0n) is 11.6. The second kappa shape index (κ2) is 6.42. The number of aliphatic hydroxyl groups is 2. The number of aliphatic hydroxyl groups excluding tert-OH is 2. The first-order chi connectivity index (χ1) is 10.1. The molecule has 0 radical (unpaired) electrons. The molecule has 2 heterocycles. The van der Waals surface area contributed by atoms with Crippen LogP contribution >= 0.6 is 0 Å². The molecule has 0 aliphatic carbocycles. The van der Waals surface area contributed by atoms with Gasteiger partial charge in [-0.25, -0.2) is 14.6 Å². The molecule has 0 spiro atoms. The topological polar surface area (TPSA) is 113 Å². The maximum atomic E-state index is 12.1. The molecule has 112 valence electrons. The second-order valence-electron chi connectivity index (χ2n) is 4.65. The molecule has 0 aliphatic rings. The Morgan fingerprint density at radius 1 is 1.38 bits per heavy atom. The fraction of sp³-hybridized carbons (Fsp3) is 0.385. The summed E-state index contributed by atoms with van der Waals surface area (Å²) in [5.74, 6) is 0.132. The van der Waals surface area contributed by atoms with Gasteiger partial charge in [0.2, 0.25) is 0 Å². The van der Waals surface area contributed by atoms with E-state index >= 15 is 0 Å². The number of nitrogens with zero attached hydrogens (tertiary/aromatic N) is 4. The van der Waals surface area contributed by atoms with Crippen molar-refractivity contribution in [3.63, 3.8) is 0 Å². The first-order valence-electron chi connectivity index (χ1n) is 6.49. The SMILES string of the molecule is CCC(CO)(CO)NC(=O)c1ccc(-n2cncn2)nc1. The summed E-state index contributed by atoms with van der Waals surface area (Å²) in [5.41, 5.74) is -0.694. The monoisotopic (exact) mass is 291 g/mol. The van der Waals surface area contributed by atoms with Crippen LogP contribution in [0.5, 0.6) is 0 Å². The van der Waals surface area contributed by atoms with E-state index in [2.05, 4.69) is 20.4 Å². The number of pyridine rings is 1. The molecule has 0 aliphatic heterocycles. The quantitative estimate of drug-likeness (QED) is 0.663. The maximum Gasteiger partial charge on any atom is 0.253 e. The van der Waals surface area contributed by atoms with Crippen molar-refractivity contribution in [3.8, 4) is 5.82 Å². The smallest absolute Gasteiger partial charge is 0.253 e. The van der Waals surface area contributed by atoms with Gasteiger partial charge in [0.1, 0.15) is 12.7 Å². The number of carbonyl (C=O) groups is 1. The molecule has 0 bridgehead atoms. The lowest BCUT2D eigenvalue weighted by Crippen LogP contribution is -2.53. The van der Waals surface area contributed by atoms with Crippen molar-refractivity contribution in [1.29, 1.82) is 0 Å². The van der Waals surface area contributed by atoms with Gasteiger partial charge in [-0.3, -0.25) is 4.79 Å². The molecule has 0 aromatic carbocycles. The Labute approximate surface area is 121 Å². The highest BCUT2D eigenvalue weighted by Gasteiger charge is 2.29. The average molecular weight is 291 g/mol. The lowest BCUT2D eigenvalue weighted by molar-refractivity contribution is 0.0652. The normalized spacial score (nSPS) is 11.4. The molecule has 2 rings (SSSR count). The minimum Gasteiger partial charge on any atom is -0.394 e. The zero-order valence-corrected chi connectivity index (χ0v) is 11.6. The van der Waals surface area contributed by atoms with Gasteiger partial charge in [-0.1, -0.05) is 6.92 Å². The fourth-order valence-corrected chi connectivity index (χ4v) is 1.74. The highest BCUT2D eigenvalue weighted by atomic mass is 16.3. The molecule has 0 saturated heterocycles. The number of rotatable bonds is 6. The van der Waals surface area contributed by atoms with E-state index in [1.807, 2.05) is 0 Å². The zero-order chi connectivity index (χ0) is 15.3. The van der Waals surface area contributed by atoms with Crippen LogP contribution in [0.2, 0.25) is 0 Å². The van der Waals surface area contributed by atoms with Crippen molar-refractivity contribution in [2.24, 2.45) is 0 Å². The fourth-order valence-electron chi connectivity index (χ4n) is 1.74. The molecular formula is C13H17N5O3. The third-order valence-corrected chi connectivity index (χ3v) is 3.32. The first-order valence-corrected chi connectivity index (χ1v) is 6.49. The Kier molecular flexibility index (Phi) is 4.61. The molecule has 2 aromatic rings. The highest BCUT2D eigenvalue weighted by molar-refractivity contribution is 5.94. The molecule has 2 aromatic heterocycles. The van der Waals surface area contributed by atoms with Crippen LogP contribution in [0.25, 0.3) is 5.82 Å². The van der Waals surface area contributed by atoms with Crippen LogP contribution in [-0.2, 0) is 0 Å². The Morgan fingerprint density at radius 2 is 2.14 bits per heavy atom. The highest BCUT2D eigenvalue weighted by Crippen LogP contribution is 2.11. The standard InChI is InChI=1S/C13H17N5O3/c1-2-13(6-19,7-20)17-12(21)10-3-4-11(15-5-10)18-9-14-8-16-18/h3-5,8-9,19-20H,2,6-7H2,1H3,(H,17,21). The van der Waals surface area contributed by atoms with Crippen LogP contribution < -0.4 is 5.32 Å². The van der Waals surface area contributed by atoms with E-state index in [1.165, 1.54) is 23.5 Å².